The molecule has 1 saturated heterocycles. The number of benzene rings is 3. The quantitative estimate of drug-likeness (QED) is 0.316. The van der Waals surface area contributed by atoms with Crippen molar-refractivity contribution in [3.05, 3.63) is 130 Å². The van der Waals surface area contributed by atoms with E-state index in [0.29, 0.717) is 0 Å². The standard InChI is InChI=1S/C28H30N2.C5H5N.2ClH.Ru/c1-19-12-21(3)27(22(4)13-19)29-17-26(16-25-10-8-7-9-11-25)30(18-29)28-23(5)14-20(2)15-24(28)6;1-2-4-6-5-3-1;;;/h7-16H,17H2,1-6H3;1-5H;2*1H;/q;;;;+2/p-2. The van der Waals surface area contributed by atoms with Gasteiger partial charge < -0.3 is 24.8 Å². The van der Waals surface area contributed by atoms with E-state index in [9.17, 15) is 0 Å². The molecular formula is C33H35Cl2N3Ru. The predicted octanol–water partition coefficient (Wildman–Crippen LogP) is 1.63. The van der Waals surface area contributed by atoms with E-state index in [1.807, 2.05) is 18.2 Å². The Kier molecular flexibility index (Phi) is 12.1. The minimum absolute atomic E-state index is 0. The molecule has 1 aromatic heterocycles. The maximum Gasteiger partial charge on any atom is 0.0267 e. The molecule has 204 valence electrons. The van der Waals surface area contributed by atoms with Gasteiger partial charge in [-0.1, -0.05) is 6.07 Å². The zero-order valence-electron chi connectivity index (χ0n) is 23.3. The molecule has 0 spiro atoms. The van der Waals surface area contributed by atoms with Crippen LogP contribution in [0.15, 0.2) is 90.9 Å². The fourth-order valence-corrected chi connectivity index (χ4v) is 6.00. The number of anilines is 2. The van der Waals surface area contributed by atoms with Gasteiger partial charge in [-0.05, 0) is 12.1 Å². The number of hydrogen-bond donors (Lipinski definition) is 0. The van der Waals surface area contributed by atoms with E-state index in [1.165, 1.54) is 60.4 Å². The van der Waals surface area contributed by atoms with Crippen LogP contribution in [0.3, 0.4) is 0 Å². The van der Waals surface area contributed by atoms with Crippen LogP contribution in [-0.2, 0) is 17.9 Å². The van der Waals surface area contributed by atoms with E-state index in [2.05, 4.69) is 135 Å². The molecule has 1 aliphatic rings. The van der Waals surface area contributed by atoms with Crippen molar-refractivity contribution in [1.29, 1.82) is 0 Å². The van der Waals surface area contributed by atoms with E-state index in [-0.39, 0.29) is 24.8 Å². The summed E-state index contributed by atoms with van der Waals surface area (Å²) in [5, 5.41) is 0. The van der Waals surface area contributed by atoms with Gasteiger partial charge in [-0.15, -0.1) is 0 Å². The minimum Gasteiger partial charge on any atom is -1.00 e. The molecule has 0 atom stereocenters. The second-order valence-corrected chi connectivity index (χ2v) is 10.5. The summed E-state index contributed by atoms with van der Waals surface area (Å²) in [5.41, 5.74) is 13.0. The van der Waals surface area contributed by atoms with Gasteiger partial charge in [-0.25, -0.2) is 0 Å². The number of pyridine rings is 1. The van der Waals surface area contributed by atoms with E-state index in [0.717, 1.165) is 6.54 Å². The van der Waals surface area contributed by atoms with Crippen LogP contribution in [0.25, 0.3) is 6.08 Å². The van der Waals surface area contributed by atoms with Crippen molar-refractivity contribution in [2.24, 2.45) is 0 Å². The Morgan fingerprint density at radius 1 is 0.667 bits per heavy atom. The van der Waals surface area contributed by atoms with E-state index in [4.69, 9.17) is 0 Å². The number of hydrogen-bond acceptors (Lipinski definition) is 3. The molecule has 0 unspecified atom stereocenters. The number of nitrogens with zero attached hydrogens (tertiary/aromatic N) is 3. The molecule has 1 fully saturated rings. The third-order valence-corrected chi connectivity index (χ3v) is 7.32. The Balaban J connectivity index is 0.000000591. The van der Waals surface area contributed by atoms with Crippen molar-refractivity contribution >= 4 is 21.8 Å². The van der Waals surface area contributed by atoms with Gasteiger partial charge >= 0.3 is 197 Å². The number of aromatic nitrogens is 1. The second kappa shape index (κ2) is 14.6. The van der Waals surface area contributed by atoms with Crippen LogP contribution in [0.5, 0.6) is 0 Å². The average Bonchev–Trinajstić information content (AvgIpc) is 3.15. The SMILES string of the molecule is Cc1cc(C)c(N2CC(=Cc3ccccc3)N(c3c(C)cc(C)cc3C)[C]2=[Ru+2])c(C)c1.[Cl-].[Cl-].c1ccncc1. The Hall–Kier alpha value is -2.78. The Morgan fingerprint density at radius 2 is 1.13 bits per heavy atom. The summed E-state index contributed by atoms with van der Waals surface area (Å²) in [7, 11) is 0. The Morgan fingerprint density at radius 3 is 1.56 bits per heavy atom. The van der Waals surface area contributed by atoms with E-state index >= 15 is 0 Å². The molecule has 1 aliphatic heterocycles. The molecular weight excluding hydrogens is 610 g/mol. The first-order valence-corrected chi connectivity index (χ1v) is 13.5. The molecule has 0 bridgehead atoms. The van der Waals surface area contributed by atoms with Crippen LogP contribution in [0.2, 0.25) is 0 Å². The Bertz CT molecular complexity index is 1360. The summed E-state index contributed by atoms with van der Waals surface area (Å²) in [6.45, 7) is 14.1. The molecule has 39 heavy (non-hydrogen) atoms. The molecule has 2 heterocycles. The van der Waals surface area contributed by atoms with Crippen molar-refractivity contribution in [2.75, 3.05) is 16.3 Å². The maximum absolute atomic E-state index is 3.78. The van der Waals surface area contributed by atoms with E-state index < -0.39 is 0 Å². The van der Waals surface area contributed by atoms with Gasteiger partial charge in [0.05, 0.1) is 0 Å². The van der Waals surface area contributed by atoms with Crippen LogP contribution < -0.4 is 34.6 Å². The summed E-state index contributed by atoms with van der Waals surface area (Å²) in [5.74, 6) is 0. The zero-order chi connectivity index (χ0) is 26.5. The Labute approximate surface area is 256 Å². The second-order valence-electron chi connectivity index (χ2n) is 9.75. The first kappa shape index (κ1) is 32.4. The molecule has 0 aliphatic carbocycles. The number of aryl methyl sites for hydroxylation is 6. The van der Waals surface area contributed by atoms with Gasteiger partial charge in [0.15, 0.2) is 0 Å². The van der Waals surface area contributed by atoms with Crippen molar-refractivity contribution in [3.63, 3.8) is 0 Å². The molecule has 0 saturated carbocycles. The third-order valence-electron chi connectivity index (χ3n) is 6.47. The molecule has 3 aromatic carbocycles. The molecule has 0 amide bonds. The minimum atomic E-state index is 0. The first-order chi connectivity index (χ1) is 17.8. The normalized spacial score (nSPS) is 13.4. The predicted molar refractivity (Wildman–Crippen MR) is 155 cm³/mol. The van der Waals surface area contributed by atoms with Crippen LogP contribution >= 0.6 is 0 Å². The summed E-state index contributed by atoms with van der Waals surface area (Å²) in [6.07, 6.45) is 5.82. The smallest absolute Gasteiger partial charge is 0.0267 e. The van der Waals surface area contributed by atoms with Crippen molar-refractivity contribution in [3.8, 4) is 0 Å². The van der Waals surface area contributed by atoms with Crippen LogP contribution in [0, 0.1) is 41.5 Å². The monoisotopic (exact) mass is 645 g/mol. The fraction of sp³-hybridized carbons (Fsp3) is 0.212. The first-order valence-electron chi connectivity index (χ1n) is 12.6. The van der Waals surface area contributed by atoms with Gasteiger partial charge in [-0.2, -0.15) is 0 Å². The average molecular weight is 646 g/mol. The fourth-order valence-electron chi connectivity index (χ4n) is 5.22. The third kappa shape index (κ3) is 7.66. The zero-order valence-corrected chi connectivity index (χ0v) is 26.6. The van der Waals surface area contributed by atoms with Gasteiger partial charge in [0.25, 0.3) is 0 Å². The van der Waals surface area contributed by atoms with Gasteiger partial charge in [-0.3, -0.25) is 4.98 Å². The van der Waals surface area contributed by atoms with Crippen LogP contribution in [0.4, 0.5) is 11.4 Å². The maximum atomic E-state index is 3.78. The van der Waals surface area contributed by atoms with Crippen molar-refractivity contribution < 1.29 is 42.7 Å². The number of rotatable bonds is 3. The summed E-state index contributed by atoms with van der Waals surface area (Å²) >= 11 is 2.91. The molecule has 0 radical (unpaired) electrons. The molecule has 4 aromatic rings. The van der Waals surface area contributed by atoms with Crippen LogP contribution in [0.1, 0.15) is 38.9 Å². The molecule has 6 heteroatoms. The van der Waals surface area contributed by atoms with E-state index in [1.54, 1.807) is 12.4 Å². The van der Waals surface area contributed by atoms with Gasteiger partial charge in [0.2, 0.25) is 0 Å². The van der Waals surface area contributed by atoms with Crippen molar-refractivity contribution in [2.45, 2.75) is 41.5 Å². The van der Waals surface area contributed by atoms with Gasteiger partial charge in [0, 0.05) is 12.4 Å². The largest absolute Gasteiger partial charge is 1.00 e. The number of halogens is 2. The summed E-state index contributed by atoms with van der Waals surface area (Å²) in [6, 6.07) is 25.5. The van der Waals surface area contributed by atoms with Crippen LogP contribution in [-0.4, -0.2) is 15.9 Å². The summed E-state index contributed by atoms with van der Waals surface area (Å²) in [4.78, 5) is 8.67. The van der Waals surface area contributed by atoms with Gasteiger partial charge in [0.1, 0.15) is 0 Å². The molecule has 0 N–H and O–H groups in total. The molecule has 3 nitrogen and oxygen atoms in total. The van der Waals surface area contributed by atoms with Crippen molar-refractivity contribution in [1.82, 2.24) is 4.98 Å². The topological polar surface area (TPSA) is 19.4 Å². The summed E-state index contributed by atoms with van der Waals surface area (Å²) < 4.78 is 1.19. The molecule has 5 rings (SSSR count).